The molecule has 0 unspecified atom stereocenters. The number of amides is 1. The number of nitrogens with one attached hydrogen (secondary N) is 1. The van der Waals surface area contributed by atoms with E-state index in [1.165, 1.54) is 13.1 Å². The predicted molar refractivity (Wildman–Crippen MR) is 81.6 cm³/mol. The molecule has 8 heteroatoms. The zero-order valence-electron chi connectivity index (χ0n) is 12.2. The molecule has 1 aromatic rings. The van der Waals surface area contributed by atoms with Crippen LogP contribution in [0.3, 0.4) is 0 Å². The molecule has 2 rings (SSSR count). The minimum atomic E-state index is -3.64. The van der Waals surface area contributed by atoms with Crippen LogP contribution >= 0.6 is 0 Å². The van der Waals surface area contributed by atoms with E-state index >= 15 is 0 Å². The Morgan fingerprint density at radius 3 is 2.67 bits per heavy atom. The molecular weight excluding hydrogens is 292 g/mol. The molecule has 3 N–H and O–H groups in total. The quantitative estimate of drug-likeness (QED) is 0.757. The summed E-state index contributed by atoms with van der Waals surface area (Å²) >= 11 is 0. The first-order valence-corrected chi connectivity index (χ1v) is 8.15. The molecule has 1 aromatic carbocycles. The summed E-state index contributed by atoms with van der Waals surface area (Å²) < 4.78 is 26.6. The van der Waals surface area contributed by atoms with Gasteiger partial charge in [0.1, 0.15) is 4.90 Å². The molecule has 0 atom stereocenters. The molecule has 21 heavy (non-hydrogen) atoms. The van der Waals surface area contributed by atoms with E-state index in [0.717, 1.165) is 6.42 Å². The molecule has 1 amide bonds. The third kappa shape index (κ3) is 3.27. The molecule has 7 nitrogen and oxygen atoms in total. The van der Waals surface area contributed by atoms with Crippen LogP contribution in [0.25, 0.3) is 0 Å². The number of carbonyl (C=O) groups excluding carboxylic acids is 1. The van der Waals surface area contributed by atoms with Crippen molar-refractivity contribution in [2.75, 3.05) is 44.4 Å². The summed E-state index contributed by atoms with van der Waals surface area (Å²) in [5.41, 5.74) is 6.57. The fraction of sp³-hybridized carbons (Fsp3) is 0.462. The van der Waals surface area contributed by atoms with Crippen molar-refractivity contribution in [3.8, 4) is 0 Å². The molecule has 1 fully saturated rings. The van der Waals surface area contributed by atoms with Gasteiger partial charge < -0.3 is 15.5 Å². The summed E-state index contributed by atoms with van der Waals surface area (Å²) in [4.78, 5) is 15.5. The molecule has 0 radical (unpaired) electrons. The Kier molecular flexibility index (Phi) is 4.38. The van der Waals surface area contributed by atoms with E-state index in [9.17, 15) is 13.2 Å². The lowest BCUT2D eigenvalue weighted by molar-refractivity contribution is -0.127. The maximum absolute atomic E-state index is 12.2. The van der Waals surface area contributed by atoms with Gasteiger partial charge in [-0.05, 0) is 31.7 Å². The standard InChI is InChI=1S/C13H20N4O3S/c1-15-21(19,20)12-8-10(14)4-5-11(12)17-7-3-6-16(2)13(18)9-17/h4-5,8,15H,3,6-7,9,14H2,1-2H3. The molecule has 0 bridgehead atoms. The first kappa shape index (κ1) is 15.6. The van der Waals surface area contributed by atoms with Crippen LogP contribution in [0.1, 0.15) is 6.42 Å². The summed E-state index contributed by atoms with van der Waals surface area (Å²) in [6.45, 7) is 1.44. The van der Waals surface area contributed by atoms with E-state index in [1.807, 2.05) is 0 Å². The van der Waals surface area contributed by atoms with Crippen molar-refractivity contribution in [2.45, 2.75) is 11.3 Å². The summed E-state index contributed by atoms with van der Waals surface area (Å²) in [6, 6.07) is 4.71. The van der Waals surface area contributed by atoms with Crippen molar-refractivity contribution in [1.29, 1.82) is 0 Å². The SMILES string of the molecule is CNS(=O)(=O)c1cc(N)ccc1N1CCCN(C)C(=O)C1. The molecule has 0 spiro atoms. The number of nitrogen functional groups attached to an aromatic ring is 1. The molecule has 1 aliphatic rings. The number of nitrogens with zero attached hydrogens (tertiary/aromatic N) is 2. The van der Waals surface area contributed by atoms with Gasteiger partial charge >= 0.3 is 0 Å². The number of benzene rings is 1. The Labute approximate surface area is 124 Å². The second-order valence-corrected chi connectivity index (χ2v) is 6.88. The van der Waals surface area contributed by atoms with Crippen molar-refractivity contribution in [3.63, 3.8) is 0 Å². The van der Waals surface area contributed by atoms with Gasteiger partial charge in [-0.3, -0.25) is 4.79 Å². The smallest absolute Gasteiger partial charge is 0.242 e. The van der Waals surface area contributed by atoms with Gasteiger partial charge in [0.2, 0.25) is 15.9 Å². The topological polar surface area (TPSA) is 95.7 Å². The van der Waals surface area contributed by atoms with Crippen LogP contribution in [0.15, 0.2) is 23.1 Å². The Morgan fingerprint density at radius 2 is 2.00 bits per heavy atom. The number of sulfonamides is 1. The monoisotopic (exact) mass is 312 g/mol. The summed E-state index contributed by atoms with van der Waals surface area (Å²) in [5.74, 6) is -0.0304. The van der Waals surface area contributed by atoms with E-state index in [2.05, 4.69) is 4.72 Å². The second-order valence-electron chi connectivity index (χ2n) is 5.03. The molecule has 0 saturated carbocycles. The Morgan fingerprint density at radius 1 is 1.29 bits per heavy atom. The minimum Gasteiger partial charge on any atom is -0.399 e. The molecule has 1 aliphatic heterocycles. The van der Waals surface area contributed by atoms with Gasteiger partial charge in [0.25, 0.3) is 0 Å². The third-order valence-electron chi connectivity index (χ3n) is 3.56. The predicted octanol–water partition coefficient (Wildman–Crippen LogP) is -0.155. The van der Waals surface area contributed by atoms with Crippen molar-refractivity contribution >= 4 is 27.3 Å². The highest BCUT2D eigenvalue weighted by Gasteiger charge is 2.25. The first-order chi connectivity index (χ1) is 9.85. The van der Waals surface area contributed by atoms with Crippen LogP contribution < -0.4 is 15.4 Å². The van der Waals surface area contributed by atoms with Gasteiger partial charge in [-0.25, -0.2) is 13.1 Å². The third-order valence-corrected chi connectivity index (χ3v) is 5.00. The van der Waals surface area contributed by atoms with E-state index in [1.54, 1.807) is 29.0 Å². The maximum atomic E-state index is 12.2. The van der Waals surface area contributed by atoms with Crippen molar-refractivity contribution in [1.82, 2.24) is 9.62 Å². The van der Waals surface area contributed by atoms with Gasteiger partial charge in [0.05, 0.1) is 12.2 Å². The number of likely N-dealkylation sites (N-methyl/N-ethyl adjacent to an activating group) is 1. The second kappa shape index (κ2) is 5.90. The summed E-state index contributed by atoms with van der Waals surface area (Å²) in [5, 5.41) is 0. The highest BCUT2D eigenvalue weighted by molar-refractivity contribution is 7.89. The Balaban J connectivity index is 2.46. The molecule has 0 aromatic heterocycles. The Bertz CT molecular complexity index is 645. The first-order valence-electron chi connectivity index (χ1n) is 6.67. The van der Waals surface area contributed by atoms with Gasteiger partial charge in [0.15, 0.2) is 0 Å². The number of rotatable bonds is 3. The summed E-state index contributed by atoms with van der Waals surface area (Å²) in [7, 11) is -0.539. The van der Waals surface area contributed by atoms with Crippen molar-refractivity contribution < 1.29 is 13.2 Å². The summed E-state index contributed by atoms with van der Waals surface area (Å²) in [6.07, 6.45) is 0.783. The zero-order valence-corrected chi connectivity index (χ0v) is 13.0. The van der Waals surface area contributed by atoms with Crippen LogP contribution in [0.2, 0.25) is 0 Å². The average Bonchev–Trinajstić information content (AvgIpc) is 2.61. The van der Waals surface area contributed by atoms with Crippen LogP contribution in [-0.4, -0.2) is 53.0 Å². The van der Waals surface area contributed by atoms with Crippen LogP contribution in [0, 0.1) is 0 Å². The van der Waals surface area contributed by atoms with Crippen molar-refractivity contribution in [2.24, 2.45) is 0 Å². The lowest BCUT2D eigenvalue weighted by atomic mass is 10.2. The van der Waals surface area contributed by atoms with E-state index < -0.39 is 10.0 Å². The zero-order chi connectivity index (χ0) is 15.6. The number of carbonyl (C=O) groups is 1. The number of hydrogen-bond donors (Lipinski definition) is 2. The van der Waals surface area contributed by atoms with E-state index in [4.69, 9.17) is 5.73 Å². The number of hydrogen-bond acceptors (Lipinski definition) is 5. The van der Waals surface area contributed by atoms with E-state index in [-0.39, 0.29) is 17.3 Å². The highest BCUT2D eigenvalue weighted by Crippen LogP contribution is 2.28. The lowest BCUT2D eigenvalue weighted by Crippen LogP contribution is -2.35. The van der Waals surface area contributed by atoms with Crippen LogP contribution in [-0.2, 0) is 14.8 Å². The largest absolute Gasteiger partial charge is 0.399 e. The van der Waals surface area contributed by atoms with Crippen LogP contribution in [0.5, 0.6) is 0 Å². The van der Waals surface area contributed by atoms with Gasteiger partial charge in [-0.1, -0.05) is 0 Å². The van der Waals surface area contributed by atoms with Crippen molar-refractivity contribution in [3.05, 3.63) is 18.2 Å². The van der Waals surface area contributed by atoms with E-state index in [0.29, 0.717) is 24.5 Å². The fourth-order valence-corrected chi connectivity index (χ4v) is 3.29. The molecular formula is C13H20N4O3S. The highest BCUT2D eigenvalue weighted by atomic mass is 32.2. The maximum Gasteiger partial charge on any atom is 0.242 e. The Hall–Kier alpha value is -1.80. The van der Waals surface area contributed by atoms with Crippen LogP contribution in [0.4, 0.5) is 11.4 Å². The average molecular weight is 312 g/mol. The van der Waals surface area contributed by atoms with Gasteiger partial charge in [-0.15, -0.1) is 0 Å². The normalized spacial score (nSPS) is 17.0. The molecule has 1 saturated heterocycles. The van der Waals surface area contributed by atoms with Gasteiger partial charge in [0, 0.05) is 25.8 Å². The number of anilines is 2. The molecule has 1 heterocycles. The molecule has 0 aliphatic carbocycles. The van der Waals surface area contributed by atoms with Gasteiger partial charge in [-0.2, -0.15) is 0 Å². The minimum absolute atomic E-state index is 0.0304. The lowest BCUT2D eigenvalue weighted by Gasteiger charge is -2.24. The fourth-order valence-electron chi connectivity index (χ4n) is 2.31. The molecule has 116 valence electrons. The number of nitrogens with two attached hydrogens (primary N) is 1.